The second kappa shape index (κ2) is 7.87. The van der Waals surface area contributed by atoms with E-state index in [1.54, 1.807) is 0 Å². The molecule has 1 unspecified atom stereocenters. The second-order valence-corrected chi connectivity index (χ2v) is 8.42. The first-order chi connectivity index (χ1) is 14.2. The van der Waals surface area contributed by atoms with Gasteiger partial charge in [0.2, 0.25) is 0 Å². The zero-order valence-corrected chi connectivity index (χ0v) is 17.0. The molecule has 170 valence electrons. The number of alkyl halides is 6. The van der Waals surface area contributed by atoms with Crippen LogP contribution in [0.1, 0.15) is 32.4 Å². The molecule has 31 heavy (non-hydrogen) atoms. The smallest absolute Gasteiger partial charge is 0.342 e. The summed E-state index contributed by atoms with van der Waals surface area (Å²) in [6, 6.07) is 5.12. The highest BCUT2D eigenvalue weighted by molar-refractivity contribution is 5.79. The van der Waals surface area contributed by atoms with Gasteiger partial charge in [-0.15, -0.1) is 0 Å². The Morgan fingerprint density at radius 3 is 2.29 bits per heavy atom. The molecule has 1 aliphatic heterocycles. The summed E-state index contributed by atoms with van der Waals surface area (Å²) < 4.78 is 94.4. The predicted octanol–water partition coefficient (Wildman–Crippen LogP) is 6.72. The van der Waals surface area contributed by atoms with Crippen molar-refractivity contribution in [2.75, 3.05) is 5.32 Å². The fourth-order valence-electron chi connectivity index (χ4n) is 3.63. The first-order valence-corrected chi connectivity index (χ1v) is 9.63. The third-order valence-corrected chi connectivity index (χ3v) is 5.50. The maximum absolute atomic E-state index is 13.4. The van der Waals surface area contributed by atoms with Gasteiger partial charge in [0.15, 0.2) is 5.82 Å². The molecule has 1 aliphatic rings. The summed E-state index contributed by atoms with van der Waals surface area (Å²) >= 11 is 0. The third kappa shape index (κ3) is 4.88. The van der Waals surface area contributed by atoms with Crippen LogP contribution >= 0.6 is 0 Å². The number of benzene rings is 1. The number of fused-ring (bicyclic) bond motifs is 1. The van der Waals surface area contributed by atoms with Gasteiger partial charge >= 0.3 is 12.4 Å². The van der Waals surface area contributed by atoms with Gasteiger partial charge in [-0.2, -0.15) is 31.4 Å². The predicted molar refractivity (Wildman–Crippen MR) is 103 cm³/mol. The number of aryl methyl sites for hydroxylation is 1. The Balaban J connectivity index is 1.98. The lowest BCUT2D eigenvalue weighted by atomic mass is 9.87. The van der Waals surface area contributed by atoms with Crippen molar-refractivity contribution in [3.8, 4) is 11.1 Å². The zero-order chi connectivity index (χ0) is 23.2. The van der Waals surface area contributed by atoms with Crippen molar-refractivity contribution in [2.45, 2.75) is 52.0 Å². The molecule has 0 fully saturated rings. The summed E-state index contributed by atoms with van der Waals surface area (Å²) in [6.07, 6.45) is -9.78. The van der Waals surface area contributed by atoms with Gasteiger partial charge in [0.25, 0.3) is 0 Å². The fraction of sp³-hybridized carbons (Fsp3) is 0.476. The van der Waals surface area contributed by atoms with E-state index in [9.17, 15) is 30.7 Å². The molecule has 3 nitrogen and oxygen atoms in total. The molecular weight excluding hydrogens is 427 g/mol. The third-order valence-electron chi connectivity index (χ3n) is 5.50. The molecule has 2 aromatic rings. The number of hydrogen-bond donors (Lipinski definition) is 1. The first-order valence-electron chi connectivity index (χ1n) is 9.63. The highest BCUT2D eigenvalue weighted by atomic mass is 19.4. The van der Waals surface area contributed by atoms with Crippen molar-refractivity contribution in [1.29, 1.82) is 0 Å². The van der Waals surface area contributed by atoms with Gasteiger partial charge in [0.05, 0.1) is 11.3 Å². The van der Waals surface area contributed by atoms with Crippen LogP contribution in [0.3, 0.4) is 0 Å². The van der Waals surface area contributed by atoms with E-state index in [1.165, 1.54) is 16.8 Å². The lowest BCUT2D eigenvalue weighted by Crippen LogP contribution is -2.33. The summed E-state index contributed by atoms with van der Waals surface area (Å²) in [5.41, 5.74) is -1.02. The molecule has 0 bridgehead atoms. The lowest BCUT2D eigenvalue weighted by Gasteiger charge is -2.28. The molecule has 1 atom stereocenters. The van der Waals surface area contributed by atoms with Crippen molar-refractivity contribution in [3.05, 3.63) is 48.1 Å². The monoisotopic (exact) mass is 449 g/mol. The van der Waals surface area contributed by atoms with Crippen LogP contribution in [0, 0.1) is 17.2 Å². The number of nitrogens with one attached hydrogen (secondary N) is 1. The van der Waals surface area contributed by atoms with Gasteiger partial charge in [0.1, 0.15) is 5.82 Å². The van der Waals surface area contributed by atoms with Crippen molar-refractivity contribution in [3.63, 3.8) is 0 Å². The number of halogens is 7. The summed E-state index contributed by atoms with van der Waals surface area (Å²) in [5.74, 6) is -1.98. The molecule has 0 aliphatic carbocycles. The van der Waals surface area contributed by atoms with Crippen LogP contribution in [-0.2, 0) is 13.0 Å². The number of hydrogen-bond acceptors (Lipinski definition) is 2. The minimum absolute atomic E-state index is 0.00983. The van der Waals surface area contributed by atoms with E-state index in [1.807, 2.05) is 0 Å². The van der Waals surface area contributed by atoms with Gasteiger partial charge in [-0.05, 0) is 24.1 Å². The van der Waals surface area contributed by atoms with E-state index in [4.69, 9.17) is 0 Å². The quantitative estimate of drug-likeness (QED) is 0.514. The van der Waals surface area contributed by atoms with Gasteiger partial charge in [-0.3, -0.25) is 4.68 Å². The van der Waals surface area contributed by atoms with Gasteiger partial charge in [-0.25, -0.2) is 4.39 Å². The topological polar surface area (TPSA) is 29.9 Å². The molecule has 0 saturated carbocycles. The van der Waals surface area contributed by atoms with Crippen LogP contribution in [0.25, 0.3) is 11.1 Å². The maximum atomic E-state index is 13.4. The van der Waals surface area contributed by atoms with E-state index in [0.717, 1.165) is 26.0 Å². The van der Waals surface area contributed by atoms with E-state index in [-0.39, 0.29) is 30.9 Å². The molecule has 0 radical (unpaired) electrons. The summed E-state index contributed by atoms with van der Waals surface area (Å²) in [7, 11) is 0. The average Bonchev–Trinajstić information content (AvgIpc) is 2.97. The second-order valence-electron chi connectivity index (χ2n) is 8.42. The Bertz CT molecular complexity index is 953. The number of aromatic nitrogens is 2. The van der Waals surface area contributed by atoms with Crippen molar-refractivity contribution in [1.82, 2.24) is 9.78 Å². The van der Waals surface area contributed by atoms with E-state index < -0.39 is 35.9 Å². The fourth-order valence-corrected chi connectivity index (χ4v) is 3.63. The maximum Gasteiger partial charge on any atom is 0.394 e. The van der Waals surface area contributed by atoms with Crippen LogP contribution < -0.4 is 5.32 Å². The SMILES string of the molecule is C=C(CC(C)(C)C(F)(F)F)Nc1nn2c(c1-c1ccc(F)cc1)CC(C(F)(F)F)CC2. The van der Waals surface area contributed by atoms with Crippen LogP contribution in [0.2, 0.25) is 0 Å². The van der Waals surface area contributed by atoms with Crippen molar-refractivity contribution in [2.24, 2.45) is 11.3 Å². The highest BCUT2D eigenvalue weighted by Gasteiger charge is 2.47. The zero-order valence-electron chi connectivity index (χ0n) is 17.0. The van der Waals surface area contributed by atoms with Crippen LogP contribution in [-0.4, -0.2) is 22.1 Å². The molecule has 0 spiro atoms. The van der Waals surface area contributed by atoms with E-state index >= 15 is 0 Å². The molecule has 1 aromatic carbocycles. The highest BCUT2D eigenvalue weighted by Crippen LogP contribution is 2.44. The molecule has 10 heteroatoms. The molecule has 0 saturated heterocycles. The molecular formula is C21H22F7N3. The number of rotatable bonds is 5. The van der Waals surface area contributed by atoms with Crippen molar-refractivity contribution >= 4 is 5.82 Å². The van der Waals surface area contributed by atoms with Crippen molar-refractivity contribution < 1.29 is 30.7 Å². The Labute approximate surface area is 174 Å². The van der Waals surface area contributed by atoms with Crippen LogP contribution in [0.5, 0.6) is 0 Å². The summed E-state index contributed by atoms with van der Waals surface area (Å²) in [4.78, 5) is 0. The number of nitrogens with zero attached hydrogens (tertiary/aromatic N) is 2. The van der Waals surface area contributed by atoms with Gasteiger partial charge < -0.3 is 5.32 Å². The minimum Gasteiger partial charge on any atom is -0.342 e. The molecule has 0 amide bonds. The Kier molecular flexibility index (Phi) is 5.88. The molecule has 1 N–H and O–H groups in total. The number of allylic oxidation sites excluding steroid dienone is 1. The summed E-state index contributed by atoms with van der Waals surface area (Å²) in [6.45, 7) is 5.74. The molecule has 3 rings (SSSR count). The Morgan fingerprint density at radius 1 is 1.13 bits per heavy atom. The molecule has 2 heterocycles. The Morgan fingerprint density at radius 2 is 1.74 bits per heavy atom. The lowest BCUT2D eigenvalue weighted by molar-refractivity contribution is -0.210. The summed E-state index contributed by atoms with van der Waals surface area (Å²) in [5, 5.41) is 7.06. The standard InChI is InChI=1S/C21H22F7N3/c1-12(11-19(2,3)21(26,27)28)29-18-17(13-4-6-15(22)7-5-13)16-10-14(20(23,24)25)8-9-31(16)30-18/h4-7,14H,1,8-11H2,2-3H3,(H,29,30). The van der Waals surface area contributed by atoms with E-state index in [2.05, 4.69) is 17.0 Å². The minimum atomic E-state index is -4.47. The van der Waals surface area contributed by atoms with E-state index in [0.29, 0.717) is 16.8 Å². The Hall–Kier alpha value is -2.52. The molecule has 1 aromatic heterocycles. The average molecular weight is 449 g/mol. The van der Waals surface area contributed by atoms with Gasteiger partial charge in [0, 0.05) is 36.3 Å². The normalized spacial score (nSPS) is 17.4. The largest absolute Gasteiger partial charge is 0.394 e. The number of anilines is 1. The van der Waals surface area contributed by atoms with Crippen LogP contribution in [0.15, 0.2) is 36.5 Å². The van der Waals surface area contributed by atoms with Crippen LogP contribution in [0.4, 0.5) is 36.6 Å². The first kappa shape index (κ1) is 23.1. The van der Waals surface area contributed by atoms with Gasteiger partial charge in [-0.1, -0.05) is 32.6 Å².